The first-order valence-electron chi connectivity index (χ1n) is 6.59. The highest BCUT2D eigenvalue weighted by Gasteiger charge is 2.15. The van der Waals surface area contributed by atoms with Crippen molar-refractivity contribution in [1.29, 1.82) is 0 Å². The van der Waals surface area contributed by atoms with Crippen molar-refractivity contribution in [2.45, 2.75) is 26.4 Å². The second-order valence-electron chi connectivity index (χ2n) is 4.40. The molecule has 1 heterocycles. The number of aromatic nitrogens is 2. The van der Waals surface area contributed by atoms with Gasteiger partial charge in [-0.15, -0.1) is 0 Å². The molecular formula is C13H24N4O2. The van der Waals surface area contributed by atoms with Gasteiger partial charge in [0.2, 0.25) is 0 Å². The molecule has 2 N–H and O–H groups in total. The molecule has 108 valence electrons. The van der Waals surface area contributed by atoms with Crippen molar-refractivity contribution in [1.82, 2.24) is 9.97 Å². The summed E-state index contributed by atoms with van der Waals surface area (Å²) >= 11 is 0. The summed E-state index contributed by atoms with van der Waals surface area (Å²) in [5.74, 6) is 1.71. The number of hydrogen-bond donors (Lipinski definition) is 2. The van der Waals surface area contributed by atoms with E-state index in [1.54, 1.807) is 13.4 Å². The summed E-state index contributed by atoms with van der Waals surface area (Å²) in [7, 11) is 3.49. The molecule has 0 saturated heterocycles. The van der Waals surface area contributed by atoms with Crippen LogP contribution in [-0.2, 0) is 11.2 Å². The van der Waals surface area contributed by atoms with Crippen LogP contribution in [0.15, 0.2) is 6.33 Å². The fraction of sp³-hybridized carbons (Fsp3) is 0.692. The van der Waals surface area contributed by atoms with Crippen LogP contribution in [0.25, 0.3) is 0 Å². The lowest BCUT2D eigenvalue weighted by Crippen LogP contribution is -2.33. The third kappa shape index (κ3) is 4.33. The summed E-state index contributed by atoms with van der Waals surface area (Å²) in [5, 5.41) is 13.0. The van der Waals surface area contributed by atoms with E-state index in [4.69, 9.17) is 4.74 Å². The first-order chi connectivity index (χ1) is 9.13. The molecular weight excluding hydrogens is 244 g/mol. The molecule has 0 spiro atoms. The van der Waals surface area contributed by atoms with Crippen LogP contribution in [0.3, 0.4) is 0 Å². The number of likely N-dealkylation sites (N-methyl/N-ethyl adjacent to an activating group) is 1. The van der Waals surface area contributed by atoms with E-state index in [2.05, 4.69) is 22.2 Å². The zero-order valence-electron chi connectivity index (χ0n) is 12.2. The van der Waals surface area contributed by atoms with Gasteiger partial charge >= 0.3 is 0 Å². The Morgan fingerprint density at radius 3 is 2.74 bits per heavy atom. The fourth-order valence-corrected chi connectivity index (χ4v) is 2.03. The Kier molecular flexibility index (Phi) is 6.52. The topological polar surface area (TPSA) is 70.5 Å². The maximum atomic E-state index is 9.79. The minimum absolute atomic E-state index is 0.316. The maximum Gasteiger partial charge on any atom is 0.137 e. The van der Waals surface area contributed by atoms with Gasteiger partial charge in [-0.2, -0.15) is 0 Å². The molecule has 1 aromatic rings. The highest BCUT2D eigenvalue weighted by molar-refractivity contribution is 5.58. The Hall–Kier alpha value is -1.40. The molecule has 6 heteroatoms. The largest absolute Gasteiger partial charge is 0.389 e. The van der Waals surface area contributed by atoms with Gasteiger partial charge < -0.3 is 20.1 Å². The van der Waals surface area contributed by atoms with E-state index in [-0.39, 0.29) is 0 Å². The number of nitrogens with zero attached hydrogens (tertiary/aromatic N) is 3. The van der Waals surface area contributed by atoms with Crippen molar-refractivity contribution in [3.63, 3.8) is 0 Å². The molecule has 6 nitrogen and oxygen atoms in total. The van der Waals surface area contributed by atoms with Gasteiger partial charge in [-0.05, 0) is 13.3 Å². The molecule has 0 radical (unpaired) electrons. The molecule has 0 fully saturated rings. The molecule has 1 rings (SSSR count). The number of methoxy groups -OCH3 is 1. The molecule has 19 heavy (non-hydrogen) atoms. The zero-order valence-corrected chi connectivity index (χ0v) is 12.2. The Bertz CT molecular complexity index is 387. The number of hydrogen-bond acceptors (Lipinski definition) is 6. The Morgan fingerprint density at radius 1 is 1.42 bits per heavy atom. The first-order valence-corrected chi connectivity index (χ1v) is 6.59. The molecule has 0 amide bonds. The maximum absolute atomic E-state index is 9.79. The summed E-state index contributed by atoms with van der Waals surface area (Å²) in [6.45, 7) is 5.72. The van der Waals surface area contributed by atoms with E-state index in [0.29, 0.717) is 13.2 Å². The molecule has 0 aliphatic heterocycles. The third-order valence-electron chi connectivity index (χ3n) is 2.83. The monoisotopic (exact) mass is 268 g/mol. The van der Waals surface area contributed by atoms with E-state index in [1.807, 2.05) is 18.9 Å². The highest BCUT2D eigenvalue weighted by Crippen LogP contribution is 2.23. The van der Waals surface area contributed by atoms with Crippen molar-refractivity contribution in [2.24, 2.45) is 0 Å². The molecule has 0 aromatic carbocycles. The molecule has 0 aliphatic carbocycles. The van der Waals surface area contributed by atoms with Crippen LogP contribution < -0.4 is 10.2 Å². The van der Waals surface area contributed by atoms with Crippen LogP contribution in [0, 0.1) is 0 Å². The average Bonchev–Trinajstić information content (AvgIpc) is 2.39. The number of aliphatic hydroxyl groups is 1. The Balaban J connectivity index is 2.89. The number of aliphatic hydroxyl groups excluding tert-OH is 1. The van der Waals surface area contributed by atoms with Crippen molar-refractivity contribution >= 4 is 11.6 Å². The first kappa shape index (κ1) is 15.7. The molecule has 1 aromatic heterocycles. The predicted octanol–water partition coefficient (Wildman–Crippen LogP) is 0.914. The predicted molar refractivity (Wildman–Crippen MR) is 76.7 cm³/mol. The second kappa shape index (κ2) is 7.91. The van der Waals surface area contributed by atoms with Crippen molar-refractivity contribution < 1.29 is 9.84 Å². The zero-order chi connectivity index (χ0) is 14.3. The molecule has 1 atom stereocenters. The quantitative estimate of drug-likeness (QED) is 0.730. The van der Waals surface area contributed by atoms with E-state index in [9.17, 15) is 5.11 Å². The number of anilines is 2. The van der Waals surface area contributed by atoms with Gasteiger partial charge in [0.05, 0.1) is 12.7 Å². The molecule has 1 unspecified atom stereocenters. The standard InChI is InChI=1S/C13H24N4O2/c1-5-11-12(14-6-2)15-9-16-13(11)17(3)7-10(18)8-19-4/h9-10,18H,5-8H2,1-4H3,(H,14,15,16). The lowest BCUT2D eigenvalue weighted by atomic mass is 10.2. The van der Waals surface area contributed by atoms with Gasteiger partial charge in [0.25, 0.3) is 0 Å². The summed E-state index contributed by atoms with van der Waals surface area (Å²) in [4.78, 5) is 10.5. The van der Waals surface area contributed by atoms with E-state index < -0.39 is 6.10 Å². The second-order valence-corrected chi connectivity index (χ2v) is 4.40. The minimum atomic E-state index is -0.530. The van der Waals surface area contributed by atoms with Gasteiger partial charge in [0, 0.05) is 32.8 Å². The summed E-state index contributed by atoms with van der Waals surface area (Å²) < 4.78 is 4.94. The summed E-state index contributed by atoms with van der Waals surface area (Å²) in [6.07, 6.45) is 1.85. The van der Waals surface area contributed by atoms with Crippen LogP contribution in [0.1, 0.15) is 19.4 Å². The summed E-state index contributed by atoms with van der Waals surface area (Å²) in [5.41, 5.74) is 1.07. The van der Waals surface area contributed by atoms with Crippen molar-refractivity contribution in [3.05, 3.63) is 11.9 Å². The van der Waals surface area contributed by atoms with Crippen LogP contribution >= 0.6 is 0 Å². The van der Waals surface area contributed by atoms with Crippen molar-refractivity contribution in [3.8, 4) is 0 Å². The average molecular weight is 268 g/mol. The van der Waals surface area contributed by atoms with Gasteiger partial charge in [-0.1, -0.05) is 6.92 Å². The number of rotatable bonds is 8. The smallest absolute Gasteiger partial charge is 0.137 e. The van der Waals surface area contributed by atoms with Gasteiger partial charge in [0.15, 0.2) is 0 Å². The highest BCUT2D eigenvalue weighted by atomic mass is 16.5. The number of ether oxygens (including phenoxy) is 1. The normalized spacial score (nSPS) is 12.3. The van der Waals surface area contributed by atoms with Gasteiger partial charge in [-0.25, -0.2) is 9.97 Å². The minimum Gasteiger partial charge on any atom is -0.389 e. The van der Waals surface area contributed by atoms with E-state index in [1.165, 1.54) is 0 Å². The molecule has 0 saturated carbocycles. The third-order valence-corrected chi connectivity index (χ3v) is 2.83. The number of nitrogens with one attached hydrogen (secondary N) is 1. The van der Waals surface area contributed by atoms with E-state index >= 15 is 0 Å². The van der Waals surface area contributed by atoms with Gasteiger partial charge in [0.1, 0.15) is 18.0 Å². The Labute approximate surface area is 114 Å². The molecule has 0 bridgehead atoms. The van der Waals surface area contributed by atoms with Crippen molar-refractivity contribution in [2.75, 3.05) is 44.1 Å². The van der Waals surface area contributed by atoms with E-state index in [0.717, 1.165) is 30.2 Å². The lowest BCUT2D eigenvalue weighted by molar-refractivity contribution is 0.0694. The van der Waals surface area contributed by atoms with Crippen LogP contribution in [0.4, 0.5) is 11.6 Å². The van der Waals surface area contributed by atoms with Crippen LogP contribution in [-0.4, -0.2) is 55.0 Å². The fourth-order valence-electron chi connectivity index (χ4n) is 2.03. The van der Waals surface area contributed by atoms with Crippen LogP contribution in [0.2, 0.25) is 0 Å². The molecule has 0 aliphatic rings. The van der Waals surface area contributed by atoms with Crippen LogP contribution in [0.5, 0.6) is 0 Å². The summed E-state index contributed by atoms with van der Waals surface area (Å²) in [6, 6.07) is 0. The van der Waals surface area contributed by atoms with Gasteiger partial charge in [-0.3, -0.25) is 0 Å². The Morgan fingerprint density at radius 2 is 2.16 bits per heavy atom. The lowest BCUT2D eigenvalue weighted by Gasteiger charge is -2.24. The SMILES string of the molecule is CCNc1ncnc(N(C)CC(O)COC)c1CC.